The van der Waals surface area contributed by atoms with Crippen molar-refractivity contribution in [3.05, 3.63) is 78.4 Å². The van der Waals surface area contributed by atoms with Crippen molar-refractivity contribution in [2.45, 2.75) is 19.0 Å². The Morgan fingerprint density at radius 2 is 1.58 bits per heavy atom. The van der Waals surface area contributed by atoms with Crippen LogP contribution in [0.4, 0.5) is 0 Å². The van der Waals surface area contributed by atoms with Crippen molar-refractivity contribution < 1.29 is 14.2 Å². The molecule has 0 aliphatic carbocycles. The molecule has 0 saturated heterocycles. The van der Waals surface area contributed by atoms with Crippen LogP contribution in [-0.2, 0) is 0 Å². The third kappa shape index (κ3) is 5.68. The summed E-state index contributed by atoms with van der Waals surface area (Å²) < 4.78 is 18.9. The van der Waals surface area contributed by atoms with Crippen LogP contribution in [0.1, 0.15) is 12.5 Å². The lowest BCUT2D eigenvalue weighted by molar-refractivity contribution is 0.340. The van der Waals surface area contributed by atoms with Crippen LogP contribution < -0.4 is 14.2 Å². The number of hydrogen-bond donors (Lipinski definition) is 0. The van der Waals surface area contributed by atoms with Crippen LogP contribution in [0.25, 0.3) is 17.1 Å². The first-order valence-corrected chi connectivity index (χ1v) is 11.8. The van der Waals surface area contributed by atoms with Gasteiger partial charge in [-0.1, -0.05) is 41.6 Å². The van der Waals surface area contributed by atoms with Crippen molar-refractivity contribution >= 4 is 11.8 Å². The van der Waals surface area contributed by atoms with Gasteiger partial charge in [0.05, 0.1) is 20.3 Å². The predicted octanol–water partition coefficient (Wildman–Crippen LogP) is 5.82. The molecule has 0 saturated carbocycles. The Hall–Kier alpha value is -3.45. The second-order valence-electron chi connectivity index (χ2n) is 7.31. The predicted molar refractivity (Wildman–Crippen MR) is 132 cm³/mol. The SMILES string of the molecule is CCOc1ccc(-n2c(SCCOc3ccc(C)cc3)nnc2-c2cccc(OC)c2)cc1. The Labute approximate surface area is 198 Å². The Morgan fingerprint density at radius 1 is 0.848 bits per heavy atom. The number of hydrogen-bond acceptors (Lipinski definition) is 6. The molecule has 0 amide bonds. The monoisotopic (exact) mass is 461 g/mol. The number of thioether (sulfide) groups is 1. The summed E-state index contributed by atoms with van der Waals surface area (Å²) in [7, 11) is 1.66. The number of aryl methyl sites for hydroxylation is 1. The van der Waals surface area contributed by atoms with Crippen molar-refractivity contribution in [1.82, 2.24) is 14.8 Å². The van der Waals surface area contributed by atoms with Crippen molar-refractivity contribution in [2.75, 3.05) is 26.1 Å². The van der Waals surface area contributed by atoms with Gasteiger partial charge in [0, 0.05) is 17.0 Å². The molecule has 4 aromatic rings. The summed E-state index contributed by atoms with van der Waals surface area (Å²) in [5.41, 5.74) is 3.10. The standard InChI is InChI=1S/C26H27N3O3S/c1-4-31-22-14-10-21(11-15-22)29-25(20-6-5-7-24(18-20)30-3)27-28-26(29)33-17-16-32-23-12-8-19(2)9-13-23/h5-15,18H,4,16-17H2,1-3H3. The normalized spacial score (nSPS) is 10.8. The molecule has 0 fully saturated rings. The number of ether oxygens (including phenoxy) is 3. The van der Waals surface area contributed by atoms with Crippen LogP contribution in [0.5, 0.6) is 17.2 Å². The Bertz CT molecular complexity index is 1170. The fourth-order valence-electron chi connectivity index (χ4n) is 3.33. The quantitative estimate of drug-likeness (QED) is 0.219. The van der Waals surface area contributed by atoms with E-state index in [1.165, 1.54) is 5.56 Å². The summed E-state index contributed by atoms with van der Waals surface area (Å²) in [6, 6.07) is 23.9. The summed E-state index contributed by atoms with van der Waals surface area (Å²) in [4.78, 5) is 0. The molecule has 0 spiro atoms. The maximum Gasteiger partial charge on any atom is 0.196 e. The van der Waals surface area contributed by atoms with E-state index in [1.807, 2.05) is 79.7 Å². The van der Waals surface area contributed by atoms with E-state index in [2.05, 4.69) is 21.7 Å². The molecule has 0 atom stereocenters. The van der Waals surface area contributed by atoms with Gasteiger partial charge in [0.25, 0.3) is 0 Å². The van der Waals surface area contributed by atoms with Gasteiger partial charge in [-0.3, -0.25) is 4.57 Å². The third-order valence-electron chi connectivity index (χ3n) is 4.97. The molecular weight excluding hydrogens is 434 g/mol. The maximum absolute atomic E-state index is 5.88. The van der Waals surface area contributed by atoms with Crippen LogP contribution in [0, 0.1) is 6.92 Å². The maximum atomic E-state index is 5.88. The highest BCUT2D eigenvalue weighted by Gasteiger charge is 2.17. The molecule has 33 heavy (non-hydrogen) atoms. The number of nitrogens with zero attached hydrogens (tertiary/aromatic N) is 3. The van der Waals surface area contributed by atoms with Crippen molar-refractivity contribution in [1.29, 1.82) is 0 Å². The highest BCUT2D eigenvalue weighted by Crippen LogP contribution is 2.30. The Morgan fingerprint density at radius 3 is 2.30 bits per heavy atom. The number of methoxy groups -OCH3 is 1. The molecule has 0 aliphatic heterocycles. The number of benzene rings is 3. The molecule has 0 aliphatic rings. The minimum Gasteiger partial charge on any atom is -0.497 e. The first-order valence-electron chi connectivity index (χ1n) is 10.8. The largest absolute Gasteiger partial charge is 0.497 e. The average Bonchev–Trinajstić information content (AvgIpc) is 3.27. The number of aromatic nitrogens is 3. The molecule has 3 aromatic carbocycles. The summed E-state index contributed by atoms with van der Waals surface area (Å²) in [5, 5.41) is 9.79. The van der Waals surface area contributed by atoms with Gasteiger partial charge >= 0.3 is 0 Å². The first-order chi connectivity index (χ1) is 16.2. The molecule has 7 heteroatoms. The van der Waals surface area contributed by atoms with E-state index < -0.39 is 0 Å². The van der Waals surface area contributed by atoms with Crippen molar-refractivity contribution in [3.8, 4) is 34.3 Å². The Kier molecular flexibility index (Phi) is 7.52. The highest BCUT2D eigenvalue weighted by molar-refractivity contribution is 7.99. The second-order valence-corrected chi connectivity index (χ2v) is 8.37. The summed E-state index contributed by atoms with van der Waals surface area (Å²) in [5.74, 6) is 3.96. The van der Waals surface area contributed by atoms with Crippen LogP contribution in [-0.4, -0.2) is 40.8 Å². The summed E-state index contributed by atoms with van der Waals surface area (Å²) in [6.45, 7) is 5.23. The smallest absolute Gasteiger partial charge is 0.196 e. The molecule has 0 unspecified atom stereocenters. The molecule has 0 N–H and O–H groups in total. The van der Waals surface area contributed by atoms with Crippen LogP contribution in [0.3, 0.4) is 0 Å². The molecular formula is C26H27N3O3S. The fraction of sp³-hybridized carbons (Fsp3) is 0.231. The van der Waals surface area contributed by atoms with Crippen molar-refractivity contribution in [2.24, 2.45) is 0 Å². The van der Waals surface area contributed by atoms with Gasteiger partial charge in [0.1, 0.15) is 17.2 Å². The lowest BCUT2D eigenvalue weighted by Crippen LogP contribution is -2.04. The van der Waals surface area contributed by atoms with Crippen molar-refractivity contribution in [3.63, 3.8) is 0 Å². The van der Waals surface area contributed by atoms with E-state index in [1.54, 1.807) is 18.9 Å². The van der Waals surface area contributed by atoms with E-state index in [9.17, 15) is 0 Å². The van der Waals surface area contributed by atoms with Gasteiger partial charge in [-0.15, -0.1) is 10.2 Å². The second kappa shape index (κ2) is 10.9. The molecule has 4 rings (SSSR count). The summed E-state index contributed by atoms with van der Waals surface area (Å²) in [6.07, 6.45) is 0. The first kappa shape index (κ1) is 22.7. The fourth-order valence-corrected chi connectivity index (χ4v) is 4.10. The van der Waals surface area contributed by atoms with Crippen LogP contribution >= 0.6 is 11.8 Å². The number of rotatable bonds is 10. The van der Waals surface area contributed by atoms with Crippen LogP contribution in [0.15, 0.2) is 78.0 Å². The molecule has 170 valence electrons. The van der Waals surface area contributed by atoms with E-state index in [4.69, 9.17) is 14.2 Å². The topological polar surface area (TPSA) is 58.4 Å². The van der Waals surface area contributed by atoms with E-state index in [0.717, 1.165) is 45.2 Å². The minimum atomic E-state index is 0.568. The highest BCUT2D eigenvalue weighted by atomic mass is 32.2. The van der Waals surface area contributed by atoms with E-state index >= 15 is 0 Å². The van der Waals surface area contributed by atoms with Gasteiger partial charge in [0.2, 0.25) is 0 Å². The van der Waals surface area contributed by atoms with E-state index in [0.29, 0.717) is 13.2 Å². The van der Waals surface area contributed by atoms with Gasteiger partial charge in [-0.05, 0) is 62.4 Å². The van der Waals surface area contributed by atoms with Crippen LogP contribution in [0.2, 0.25) is 0 Å². The molecule has 0 bridgehead atoms. The van der Waals surface area contributed by atoms with Gasteiger partial charge in [0.15, 0.2) is 11.0 Å². The molecule has 1 aromatic heterocycles. The average molecular weight is 462 g/mol. The van der Waals surface area contributed by atoms with E-state index in [-0.39, 0.29) is 0 Å². The zero-order valence-corrected chi connectivity index (χ0v) is 19.8. The molecule has 6 nitrogen and oxygen atoms in total. The lowest BCUT2D eigenvalue weighted by Gasteiger charge is -2.12. The summed E-state index contributed by atoms with van der Waals surface area (Å²) >= 11 is 1.61. The Balaban J connectivity index is 1.57. The molecule has 1 heterocycles. The lowest BCUT2D eigenvalue weighted by atomic mass is 10.2. The van der Waals surface area contributed by atoms with Gasteiger partial charge < -0.3 is 14.2 Å². The zero-order valence-electron chi connectivity index (χ0n) is 19.0. The van der Waals surface area contributed by atoms with Gasteiger partial charge in [-0.2, -0.15) is 0 Å². The molecule has 0 radical (unpaired) electrons. The minimum absolute atomic E-state index is 0.568. The zero-order chi connectivity index (χ0) is 23.0. The van der Waals surface area contributed by atoms with Gasteiger partial charge in [-0.25, -0.2) is 0 Å². The third-order valence-corrected chi connectivity index (χ3v) is 5.86.